The summed E-state index contributed by atoms with van der Waals surface area (Å²) >= 11 is 0. The monoisotopic (exact) mass is 219 g/mol. The number of hydrogen-bond acceptors (Lipinski definition) is 3. The Morgan fingerprint density at radius 3 is 2.75 bits per heavy atom. The Labute approximate surface area is 94.9 Å². The molecule has 2 aromatic heterocycles. The van der Waals surface area contributed by atoms with E-state index in [1.54, 1.807) is 10.9 Å². The molecule has 2 rings (SSSR count). The number of nitrogens with zero attached hydrogens (tertiary/aromatic N) is 4. The minimum Gasteiger partial charge on any atom is -0.336 e. The van der Waals surface area contributed by atoms with Gasteiger partial charge in [-0.2, -0.15) is 5.10 Å². The first kappa shape index (κ1) is 10.9. The molecule has 0 radical (unpaired) electrons. The largest absolute Gasteiger partial charge is 0.336 e. The lowest BCUT2D eigenvalue weighted by atomic mass is 10.1. The van der Waals surface area contributed by atoms with Gasteiger partial charge in [0.2, 0.25) is 0 Å². The molecule has 86 valence electrons. The summed E-state index contributed by atoms with van der Waals surface area (Å²) in [5.41, 5.74) is 8.31. The second kappa shape index (κ2) is 4.09. The van der Waals surface area contributed by atoms with Crippen molar-refractivity contribution < 1.29 is 0 Å². The summed E-state index contributed by atoms with van der Waals surface area (Å²) in [6.07, 6.45) is 6.51. The molecule has 0 aromatic carbocycles. The highest BCUT2D eigenvalue weighted by atomic mass is 15.3. The molecule has 0 fully saturated rings. The Bertz CT molecular complexity index is 482. The molecule has 2 heterocycles. The summed E-state index contributed by atoms with van der Waals surface area (Å²) in [6.45, 7) is 2.08. The molecule has 2 N–H and O–H groups in total. The molecule has 0 aliphatic carbocycles. The zero-order chi connectivity index (χ0) is 11.7. The van der Waals surface area contributed by atoms with Gasteiger partial charge >= 0.3 is 0 Å². The molecule has 0 bridgehead atoms. The molecule has 0 aliphatic rings. The van der Waals surface area contributed by atoms with Gasteiger partial charge < -0.3 is 10.3 Å². The van der Waals surface area contributed by atoms with Crippen LogP contribution in [-0.4, -0.2) is 19.3 Å². The highest BCUT2D eigenvalue weighted by Crippen LogP contribution is 2.20. The highest BCUT2D eigenvalue weighted by Gasteiger charge is 2.18. The van der Waals surface area contributed by atoms with Crippen molar-refractivity contribution in [2.45, 2.75) is 19.4 Å². The van der Waals surface area contributed by atoms with Gasteiger partial charge in [-0.15, -0.1) is 0 Å². The second-order valence-electron chi connectivity index (χ2n) is 3.93. The van der Waals surface area contributed by atoms with Crippen molar-refractivity contribution in [3.05, 3.63) is 35.7 Å². The Morgan fingerprint density at radius 1 is 1.44 bits per heavy atom. The quantitative estimate of drug-likeness (QED) is 0.829. The van der Waals surface area contributed by atoms with Crippen LogP contribution in [0.5, 0.6) is 0 Å². The van der Waals surface area contributed by atoms with Crippen molar-refractivity contribution in [3.8, 4) is 0 Å². The second-order valence-corrected chi connectivity index (χ2v) is 3.93. The van der Waals surface area contributed by atoms with Crippen LogP contribution in [0.3, 0.4) is 0 Å². The lowest BCUT2D eigenvalue weighted by molar-refractivity contribution is 0.710. The van der Waals surface area contributed by atoms with Crippen molar-refractivity contribution in [2.75, 3.05) is 0 Å². The van der Waals surface area contributed by atoms with Gasteiger partial charge in [-0.3, -0.25) is 4.68 Å². The molecule has 0 spiro atoms. The number of hydrogen-bond donors (Lipinski definition) is 1. The number of nitrogens with two attached hydrogens (primary N) is 1. The van der Waals surface area contributed by atoms with Crippen molar-refractivity contribution in [2.24, 2.45) is 19.8 Å². The molecule has 16 heavy (non-hydrogen) atoms. The van der Waals surface area contributed by atoms with Crippen LogP contribution in [0.1, 0.15) is 30.0 Å². The van der Waals surface area contributed by atoms with Gasteiger partial charge in [-0.1, -0.05) is 6.92 Å². The maximum Gasteiger partial charge on any atom is 0.130 e. The molecular formula is C11H17N5. The summed E-state index contributed by atoms with van der Waals surface area (Å²) in [6, 6.07) is -0.205. The third-order valence-electron chi connectivity index (χ3n) is 2.74. The lowest BCUT2D eigenvalue weighted by Crippen LogP contribution is -2.17. The van der Waals surface area contributed by atoms with E-state index in [9.17, 15) is 0 Å². The fraction of sp³-hybridized carbons (Fsp3) is 0.455. The molecular weight excluding hydrogens is 202 g/mol. The van der Waals surface area contributed by atoms with E-state index in [1.807, 2.05) is 31.1 Å². The minimum absolute atomic E-state index is 0.205. The van der Waals surface area contributed by atoms with Crippen LogP contribution >= 0.6 is 0 Å². The standard InChI is InChI=1S/C11H17N5/c1-4-9-8(7-16(3)14-9)10(12)11-13-5-6-15(11)2/h5-7,10H,4,12H2,1-3H3. The molecule has 0 aliphatic heterocycles. The van der Waals surface area contributed by atoms with Gasteiger partial charge in [0.05, 0.1) is 11.7 Å². The van der Waals surface area contributed by atoms with Crippen LogP contribution in [0.25, 0.3) is 0 Å². The van der Waals surface area contributed by atoms with E-state index in [1.165, 1.54) is 0 Å². The third kappa shape index (κ3) is 1.74. The fourth-order valence-corrected chi connectivity index (χ4v) is 1.90. The summed E-state index contributed by atoms with van der Waals surface area (Å²) in [5.74, 6) is 0.864. The highest BCUT2D eigenvalue weighted by molar-refractivity contribution is 5.26. The van der Waals surface area contributed by atoms with Crippen molar-refractivity contribution in [1.82, 2.24) is 19.3 Å². The van der Waals surface area contributed by atoms with E-state index in [2.05, 4.69) is 17.0 Å². The average molecular weight is 219 g/mol. The van der Waals surface area contributed by atoms with Crippen molar-refractivity contribution in [1.29, 1.82) is 0 Å². The topological polar surface area (TPSA) is 61.7 Å². The fourth-order valence-electron chi connectivity index (χ4n) is 1.90. The number of imidazole rings is 1. The van der Waals surface area contributed by atoms with Crippen molar-refractivity contribution >= 4 is 0 Å². The summed E-state index contributed by atoms with van der Waals surface area (Å²) < 4.78 is 3.74. The summed E-state index contributed by atoms with van der Waals surface area (Å²) in [7, 11) is 3.86. The van der Waals surface area contributed by atoms with E-state index >= 15 is 0 Å². The van der Waals surface area contributed by atoms with E-state index in [0.29, 0.717) is 0 Å². The third-order valence-corrected chi connectivity index (χ3v) is 2.74. The zero-order valence-corrected chi connectivity index (χ0v) is 9.88. The molecule has 0 amide bonds. The Morgan fingerprint density at radius 2 is 2.19 bits per heavy atom. The van der Waals surface area contributed by atoms with Crippen LogP contribution in [0.2, 0.25) is 0 Å². The Kier molecular flexibility index (Phi) is 2.78. The lowest BCUT2D eigenvalue weighted by Gasteiger charge is -2.10. The molecule has 2 aromatic rings. The van der Waals surface area contributed by atoms with Crippen LogP contribution in [-0.2, 0) is 20.5 Å². The predicted octanol–water partition coefficient (Wildman–Crippen LogP) is 0.764. The number of rotatable bonds is 3. The maximum absolute atomic E-state index is 6.21. The SMILES string of the molecule is CCc1nn(C)cc1C(N)c1nccn1C. The molecule has 1 atom stereocenters. The molecule has 5 nitrogen and oxygen atoms in total. The zero-order valence-electron chi connectivity index (χ0n) is 9.88. The van der Waals surface area contributed by atoms with E-state index in [0.717, 1.165) is 23.5 Å². The number of aromatic nitrogens is 4. The minimum atomic E-state index is -0.205. The molecule has 5 heteroatoms. The van der Waals surface area contributed by atoms with Gasteiger partial charge in [-0.25, -0.2) is 4.98 Å². The summed E-state index contributed by atoms with van der Waals surface area (Å²) in [5, 5.41) is 4.39. The van der Waals surface area contributed by atoms with Crippen LogP contribution in [0.4, 0.5) is 0 Å². The van der Waals surface area contributed by atoms with Crippen LogP contribution in [0, 0.1) is 0 Å². The van der Waals surface area contributed by atoms with Gasteiger partial charge in [0.1, 0.15) is 5.82 Å². The molecule has 0 saturated carbocycles. The van der Waals surface area contributed by atoms with E-state index in [-0.39, 0.29) is 6.04 Å². The summed E-state index contributed by atoms with van der Waals surface area (Å²) in [4.78, 5) is 4.28. The van der Waals surface area contributed by atoms with Gasteiger partial charge in [0.15, 0.2) is 0 Å². The Balaban J connectivity index is 2.40. The Hall–Kier alpha value is -1.62. The van der Waals surface area contributed by atoms with Crippen LogP contribution in [0.15, 0.2) is 18.6 Å². The first-order valence-corrected chi connectivity index (χ1v) is 5.38. The molecule has 0 saturated heterocycles. The van der Waals surface area contributed by atoms with Crippen LogP contribution < -0.4 is 5.73 Å². The van der Waals surface area contributed by atoms with Gasteiger partial charge in [-0.05, 0) is 6.42 Å². The molecule has 1 unspecified atom stereocenters. The van der Waals surface area contributed by atoms with E-state index in [4.69, 9.17) is 5.73 Å². The van der Waals surface area contributed by atoms with Crippen molar-refractivity contribution in [3.63, 3.8) is 0 Å². The number of aryl methyl sites for hydroxylation is 3. The van der Waals surface area contributed by atoms with E-state index < -0.39 is 0 Å². The normalized spacial score (nSPS) is 13.0. The average Bonchev–Trinajstić information content (AvgIpc) is 2.83. The maximum atomic E-state index is 6.21. The predicted molar refractivity (Wildman–Crippen MR) is 61.8 cm³/mol. The first-order valence-electron chi connectivity index (χ1n) is 5.38. The first-order chi connectivity index (χ1) is 7.63. The van der Waals surface area contributed by atoms with Gasteiger partial charge in [0, 0.05) is 38.2 Å². The van der Waals surface area contributed by atoms with Gasteiger partial charge in [0.25, 0.3) is 0 Å². The smallest absolute Gasteiger partial charge is 0.130 e.